The Balaban J connectivity index is 0.00000144. The molecule has 1 heterocycles. The fourth-order valence-electron chi connectivity index (χ4n) is 1.34. The molecule has 1 aromatic heterocycles. The van der Waals surface area contributed by atoms with Gasteiger partial charge in [0.2, 0.25) is 0 Å². The molecule has 0 atom stereocenters. The Morgan fingerprint density at radius 3 is 2.71 bits per heavy atom. The fraction of sp³-hybridized carbons (Fsp3) is 0. The van der Waals surface area contributed by atoms with E-state index < -0.39 is 5.91 Å². The number of aromatic nitrogens is 1. The lowest BCUT2D eigenvalue weighted by Crippen LogP contribution is -2.10. The number of primary amides is 1. The van der Waals surface area contributed by atoms with E-state index in [4.69, 9.17) is 11.5 Å². The second-order valence-corrected chi connectivity index (χ2v) is 5.38. The minimum atomic E-state index is -0.497. The quantitative estimate of drug-likeness (QED) is 0.725. The summed E-state index contributed by atoms with van der Waals surface area (Å²) in [6.07, 6.45) is 0. The van der Waals surface area contributed by atoms with Gasteiger partial charge in [0, 0.05) is 9.13 Å². The number of nitrogen functional groups attached to an aromatic ring is 1. The predicted octanol–water partition coefficient (Wildman–Crippen LogP) is 2.67. The minimum absolute atomic E-state index is 0. The van der Waals surface area contributed by atoms with Crippen molar-refractivity contribution in [1.29, 1.82) is 0 Å². The summed E-state index contributed by atoms with van der Waals surface area (Å²) in [6.45, 7) is 0. The predicted molar refractivity (Wildman–Crippen MR) is 83.5 cm³/mol. The van der Waals surface area contributed by atoms with Gasteiger partial charge >= 0.3 is 0 Å². The summed E-state index contributed by atoms with van der Waals surface area (Å²) >= 11 is 3.31. The Labute approximate surface area is 126 Å². The average molecular weight is 426 g/mol. The highest BCUT2D eigenvalue weighted by molar-refractivity contribution is 14.1. The molecule has 2 aromatic rings. The number of carbonyl (C=O) groups is 1. The minimum Gasteiger partial charge on any atom is -0.375 e. The zero-order chi connectivity index (χ0) is 11.7. The molecule has 90 valence electrons. The van der Waals surface area contributed by atoms with E-state index in [9.17, 15) is 4.79 Å². The molecule has 0 bridgehead atoms. The van der Waals surface area contributed by atoms with E-state index in [2.05, 4.69) is 27.6 Å². The van der Waals surface area contributed by atoms with Crippen LogP contribution in [0.4, 0.5) is 5.13 Å². The molecule has 0 aliphatic carbocycles. The van der Waals surface area contributed by atoms with Crippen molar-refractivity contribution in [2.45, 2.75) is 0 Å². The van der Waals surface area contributed by atoms with Crippen molar-refractivity contribution in [2.75, 3.05) is 5.73 Å². The first-order valence-electron chi connectivity index (χ1n) is 4.40. The molecule has 2 rings (SSSR count). The Bertz CT molecular complexity index is 558. The maximum absolute atomic E-state index is 11.2. The monoisotopic (exact) mass is 425 g/mol. The molecule has 4 N–H and O–H groups in total. The van der Waals surface area contributed by atoms with Crippen molar-refractivity contribution in [3.63, 3.8) is 0 Å². The molecular weight excluding hydrogens is 417 g/mol. The van der Waals surface area contributed by atoms with Crippen LogP contribution in [0.15, 0.2) is 24.3 Å². The number of hydrogen-bond donors (Lipinski definition) is 2. The van der Waals surface area contributed by atoms with Crippen LogP contribution in [0.25, 0.3) is 11.3 Å². The van der Waals surface area contributed by atoms with Gasteiger partial charge in [-0.1, -0.05) is 23.5 Å². The molecular formula is C10H9BrIN3OS. The first kappa shape index (κ1) is 14.4. The first-order chi connectivity index (χ1) is 7.58. The number of thiazole rings is 1. The van der Waals surface area contributed by atoms with Crippen molar-refractivity contribution in [1.82, 2.24) is 4.98 Å². The standard InChI is InChI=1S/C10H8IN3OS.BrH/c11-6-3-1-2-5(4-6)7-8(9(12)15)16-10(13)14-7;/h1-4H,(H2,12,15)(H2,13,14);1H. The lowest BCUT2D eigenvalue weighted by atomic mass is 10.1. The van der Waals surface area contributed by atoms with Crippen LogP contribution in [0.1, 0.15) is 9.67 Å². The second-order valence-electron chi connectivity index (χ2n) is 3.10. The molecule has 0 spiro atoms. The number of amides is 1. The molecule has 17 heavy (non-hydrogen) atoms. The van der Waals surface area contributed by atoms with E-state index in [0.29, 0.717) is 15.7 Å². The maximum atomic E-state index is 11.2. The van der Waals surface area contributed by atoms with Gasteiger partial charge in [0.1, 0.15) is 4.88 Å². The van der Waals surface area contributed by atoms with E-state index in [1.807, 2.05) is 24.3 Å². The normalized spacial score (nSPS) is 9.71. The third-order valence-electron chi connectivity index (χ3n) is 1.97. The van der Waals surface area contributed by atoms with Gasteiger partial charge in [-0.15, -0.1) is 17.0 Å². The fourth-order valence-corrected chi connectivity index (χ4v) is 2.59. The van der Waals surface area contributed by atoms with Gasteiger partial charge in [-0.25, -0.2) is 4.98 Å². The highest BCUT2D eigenvalue weighted by atomic mass is 127. The van der Waals surface area contributed by atoms with Crippen molar-refractivity contribution in [2.24, 2.45) is 5.73 Å². The number of hydrogen-bond acceptors (Lipinski definition) is 4. The van der Waals surface area contributed by atoms with Gasteiger partial charge < -0.3 is 11.5 Å². The molecule has 0 fully saturated rings. The summed E-state index contributed by atoms with van der Waals surface area (Å²) in [7, 11) is 0. The van der Waals surface area contributed by atoms with Crippen LogP contribution in [0.2, 0.25) is 0 Å². The summed E-state index contributed by atoms with van der Waals surface area (Å²) < 4.78 is 1.07. The molecule has 0 aliphatic heterocycles. The van der Waals surface area contributed by atoms with Gasteiger partial charge in [0.05, 0.1) is 5.69 Å². The zero-order valence-corrected chi connectivity index (χ0v) is 13.2. The summed E-state index contributed by atoms with van der Waals surface area (Å²) in [5.41, 5.74) is 12.3. The van der Waals surface area contributed by atoms with Crippen molar-refractivity contribution in [3.8, 4) is 11.3 Å². The number of benzene rings is 1. The Morgan fingerprint density at radius 2 is 2.12 bits per heavy atom. The van der Waals surface area contributed by atoms with Gasteiger partial charge in [0.15, 0.2) is 5.13 Å². The number of nitrogens with two attached hydrogens (primary N) is 2. The van der Waals surface area contributed by atoms with E-state index in [1.165, 1.54) is 0 Å². The molecule has 1 amide bonds. The van der Waals surface area contributed by atoms with Gasteiger partial charge in [-0.2, -0.15) is 0 Å². The van der Waals surface area contributed by atoms with Crippen LogP contribution in [0.5, 0.6) is 0 Å². The number of carbonyl (C=O) groups excluding carboxylic acids is 1. The lowest BCUT2D eigenvalue weighted by Gasteiger charge is -1.99. The van der Waals surface area contributed by atoms with Gasteiger partial charge in [0.25, 0.3) is 5.91 Å². The van der Waals surface area contributed by atoms with E-state index in [1.54, 1.807) is 0 Å². The molecule has 1 aromatic carbocycles. The summed E-state index contributed by atoms with van der Waals surface area (Å²) in [4.78, 5) is 15.8. The van der Waals surface area contributed by atoms with Crippen LogP contribution < -0.4 is 11.5 Å². The number of rotatable bonds is 2. The van der Waals surface area contributed by atoms with Gasteiger partial charge in [-0.3, -0.25) is 4.79 Å². The van der Waals surface area contributed by atoms with Crippen molar-refractivity contribution < 1.29 is 4.79 Å². The molecule has 7 heteroatoms. The van der Waals surface area contributed by atoms with Crippen LogP contribution >= 0.6 is 50.9 Å². The van der Waals surface area contributed by atoms with Crippen molar-refractivity contribution in [3.05, 3.63) is 32.7 Å². The molecule has 4 nitrogen and oxygen atoms in total. The molecule has 0 aliphatic rings. The lowest BCUT2D eigenvalue weighted by molar-refractivity contribution is 0.100. The second kappa shape index (κ2) is 5.78. The van der Waals surface area contributed by atoms with E-state index in [-0.39, 0.29) is 17.0 Å². The Hall–Kier alpha value is -0.670. The van der Waals surface area contributed by atoms with Crippen LogP contribution in [-0.4, -0.2) is 10.9 Å². The smallest absolute Gasteiger partial charge is 0.261 e. The Morgan fingerprint density at radius 1 is 1.41 bits per heavy atom. The molecule has 0 unspecified atom stereocenters. The third kappa shape index (κ3) is 3.17. The van der Waals surface area contributed by atoms with E-state index in [0.717, 1.165) is 20.5 Å². The molecule has 0 radical (unpaired) electrons. The SMILES string of the molecule is Br.NC(=O)c1sc(N)nc1-c1cccc(I)c1. The number of anilines is 1. The molecule has 0 saturated carbocycles. The highest BCUT2D eigenvalue weighted by Crippen LogP contribution is 2.29. The third-order valence-corrected chi connectivity index (χ3v) is 3.54. The maximum Gasteiger partial charge on any atom is 0.261 e. The number of halogens is 2. The summed E-state index contributed by atoms with van der Waals surface area (Å²) in [6, 6.07) is 7.67. The summed E-state index contributed by atoms with van der Waals surface area (Å²) in [5, 5.41) is 0.350. The largest absolute Gasteiger partial charge is 0.375 e. The summed E-state index contributed by atoms with van der Waals surface area (Å²) in [5.74, 6) is -0.497. The van der Waals surface area contributed by atoms with Gasteiger partial charge in [-0.05, 0) is 34.7 Å². The van der Waals surface area contributed by atoms with Crippen LogP contribution in [-0.2, 0) is 0 Å². The van der Waals surface area contributed by atoms with Crippen LogP contribution in [0, 0.1) is 3.57 Å². The first-order valence-corrected chi connectivity index (χ1v) is 6.29. The van der Waals surface area contributed by atoms with Crippen molar-refractivity contribution >= 4 is 61.9 Å². The molecule has 0 saturated heterocycles. The average Bonchev–Trinajstić information content (AvgIpc) is 2.60. The number of nitrogens with zero attached hydrogens (tertiary/aromatic N) is 1. The van der Waals surface area contributed by atoms with E-state index >= 15 is 0 Å². The highest BCUT2D eigenvalue weighted by Gasteiger charge is 2.16. The Kier molecular flexibility index (Phi) is 4.90. The zero-order valence-electron chi connectivity index (χ0n) is 8.51. The van der Waals surface area contributed by atoms with Crippen LogP contribution in [0.3, 0.4) is 0 Å². The topological polar surface area (TPSA) is 82.0 Å².